The SMILES string of the molecule is CC(NCc1cccc(CO)c1)c1csc(Cl)c1. The molecule has 4 heteroatoms. The first-order chi connectivity index (χ1) is 8.69. The van der Waals surface area contributed by atoms with E-state index in [9.17, 15) is 0 Å². The summed E-state index contributed by atoms with van der Waals surface area (Å²) in [4.78, 5) is 0. The van der Waals surface area contributed by atoms with E-state index in [1.165, 1.54) is 11.1 Å². The van der Waals surface area contributed by atoms with Crippen LogP contribution in [0.3, 0.4) is 0 Å². The topological polar surface area (TPSA) is 32.3 Å². The van der Waals surface area contributed by atoms with Gasteiger partial charge in [0.1, 0.15) is 0 Å². The third-order valence-corrected chi connectivity index (χ3v) is 3.98. The fourth-order valence-corrected chi connectivity index (χ4v) is 2.76. The van der Waals surface area contributed by atoms with E-state index >= 15 is 0 Å². The van der Waals surface area contributed by atoms with Gasteiger partial charge in [-0.25, -0.2) is 0 Å². The Morgan fingerprint density at radius 1 is 1.33 bits per heavy atom. The Kier molecular flexibility index (Phi) is 4.78. The summed E-state index contributed by atoms with van der Waals surface area (Å²) in [6.45, 7) is 2.99. The maximum atomic E-state index is 9.09. The molecule has 1 aromatic heterocycles. The highest BCUT2D eigenvalue weighted by Crippen LogP contribution is 2.24. The Balaban J connectivity index is 1.94. The summed E-state index contributed by atoms with van der Waals surface area (Å²) in [6, 6.07) is 10.2. The van der Waals surface area contributed by atoms with E-state index in [0.29, 0.717) is 0 Å². The number of aliphatic hydroxyl groups is 1. The Labute approximate surface area is 116 Å². The largest absolute Gasteiger partial charge is 0.392 e. The molecule has 0 radical (unpaired) electrons. The fraction of sp³-hybridized carbons (Fsp3) is 0.286. The van der Waals surface area contributed by atoms with Gasteiger partial charge in [0.05, 0.1) is 10.9 Å². The number of halogens is 1. The Morgan fingerprint density at radius 3 is 2.78 bits per heavy atom. The molecule has 0 amide bonds. The maximum absolute atomic E-state index is 9.09. The van der Waals surface area contributed by atoms with Gasteiger partial charge in [-0.1, -0.05) is 35.9 Å². The van der Waals surface area contributed by atoms with Gasteiger partial charge in [0.25, 0.3) is 0 Å². The van der Waals surface area contributed by atoms with Crippen molar-refractivity contribution in [3.05, 3.63) is 56.7 Å². The molecule has 0 spiro atoms. The van der Waals surface area contributed by atoms with Crippen LogP contribution in [0.4, 0.5) is 0 Å². The second-order valence-electron chi connectivity index (χ2n) is 4.26. The quantitative estimate of drug-likeness (QED) is 0.875. The van der Waals surface area contributed by atoms with E-state index in [2.05, 4.69) is 23.7 Å². The summed E-state index contributed by atoms with van der Waals surface area (Å²) in [5.74, 6) is 0. The molecule has 2 rings (SSSR count). The second-order valence-corrected chi connectivity index (χ2v) is 5.81. The lowest BCUT2D eigenvalue weighted by molar-refractivity contribution is 0.281. The molecule has 1 heterocycles. The molecule has 0 bridgehead atoms. The van der Waals surface area contributed by atoms with Crippen LogP contribution in [0.2, 0.25) is 4.34 Å². The van der Waals surface area contributed by atoms with E-state index in [4.69, 9.17) is 16.7 Å². The van der Waals surface area contributed by atoms with Crippen LogP contribution in [0.15, 0.2) is 35.7 Å². The summed E-state index contributed by atoms with van der Waals surface area (Å²) < 4.78 is 0.820. The summed E-state index contributed by atoms with van der Waals surface area (Å²) in [6.07, 6.45) is 0. The van der Waals surface area contributed by atoms with Crippen molar-refractivity contribution in [3.63, 3.8) is 0 Å². The molecule has 2 aromatic rings. The van der Waals surface area contributed by atoms with Gasteiger partial charge in [0.15, 0.2) is 0 Å². The van der Waals surface area contributed by atoms with Gasteiger partial charge in [-0.3, -0.25) is 0 Å². The van der Waals surface area contributed by atoms with Crippen LogP contribution in [-0.2, 0) is 13.2 Å². The lowest BCUT2D eigenvalue weighted by Gasteiger charge is -2.12. The Bertz CT molecular complexity index is 512. The van der Waals surface area contributed by atoms with Gasteiger partial charge in [-0.2, -0.15) is 0 Å². The van der Waals surface area contributed by atoms with E-state index < -0.39 is 0 Å². The third kappa shape index (κ3) is 3.56. The van der Waals surface area contributed by atoms with Crippen molar-refractivity contribution in [2.45, 2.75) is 26.1 Å². The van der Waals surface area contributed by atoms with Gasteiger partial charge in [0.2, 0.25) is 0 Å². The number of thiophene rings is 1. The molecule has 2 N–H and O–H groups in total. The van der Waals surface area contributed by atoms with Gasteiger partial charge in [-0.15, -0.1) is 11.3 Å². The van der Waals surface area contributed by atoms with Gasteiger partial charge in [0, 0.05) is 12.6 Å². The van der Waals surface area contributed by atoms with Crippen molar-refractivity contribution < 1.29 is 5.11 Å². The molecule has 0 saturated heterocycles. The number of aliphatic hydroxyl groups excluding tert-OH is 1. The van der Waals surface area contributed by atoms with E-state index in [1.54, 1.807) is 11.3 Å². The molecule has 1 aromatic carbocycles. The smallest absolute Gasteiger partial charge is 0.0931 e. The number of nitrogens with one attached hydrogen (secondary N) is 1. The minimum Gasteiger partial charge on any atom is -0.392 e. The third-order valence-electron chi connectivity index (χ3n) is 2.87. The van der Waals surface area contributed by atoms with Crippen molar-refractivity contribution in [1.82, 2.24) is 5.32 Å². The number of benzene rings is 1. The highest BCUT2D eigenvalue weighted by molar-refractivity contribution is 7.14. The Morgan fingerprint density at radius 2 is 2.11 bits per heavy atom. The molecule has 0 aliphatic carbocycles. The number of rotatable bonds is 5. The zero-order chi connectivity index (χ0) is 13.0. The van der Waals surface area contributed by atoms with Crippen molar-refractivity contribution in [2.75, 3.05) is 0 Å². The van der Waals surface area contributed by atoms with Gasteiger partial charge >= 0.3 is 0 Å². The van der Waals surface area contributed by atoms with Crippen LogP contribution in [0.1, 0.15) is 29.7 Å². The van der Waals surface area contributed by atoms with Crippen LogP contribution in [0, 0.1) is 0 Å². The van der Waals surface area contributed by atoms with Crippen LogP contribution >= 0.6 is 22.9 Å². The first kappa shape index (κ1) is 13.6. The van der Waals surface area contributed by atoms with E-state index in [-0.39, 0.29) is 12.6 Å². The van der Waals surface area contributed by atoms with Crippen LogP contribution < -0.4 is 5.32 Å². The highest BCUT2D eigenvalue weighted by Gasteiger charge is 2.07. The predicted octanol–water partition coefficient (Wildman–Crippen LogP) is 3.74. The minimum atomic E-state index is 0.0868. The van der Waals surface area contributed by atoms with Crippen LogP contribution in [0.25, 0.3) is 0 Å². The first-order valence-corrected chi connectivity index (χ1v) is 7.11. The molecule has 0 aliphatic heterocycles. The molecular formula is C14H16ClNOS. The molecule has 0 aliphatic rings. The summed E-state index contributed by atoms with van der Waals surface area (Å²) >= 11 is 7.48. The van der Waals surface area contributed by atoms with Gasteiger partial charge < -0.3 is 10.4 Å². The molecule has 1 atom stereocenters. The van der Waals surface area contributed by atoms with E-state index in [0.717, 1.165) is 16.4 Å². The van der Waals surface area contributed by atoms with Crippen molar-refractivity contribution >= 4 is 22.9 Å². The average molecular weight is 282 g/mol. The molecule has 96 valence electrons. The summed E-state index contributed by atoms with van der Waals surface area (Å²) in [5.41, 5.74) is 3.33. The molecule has 0 fully saturated rings. The normalized spacial score (nSPS) is 12.6. The number of hydrogen-bond donors (Lipinski definition) is 2. The monoisotopic (exact) mass is 281 g/mol. The molecule has 18 heavy (non-hydrogen) atoms. The minimum absolute atomic E-state index is 0.0868. The lowest BCUT2D eigenvalue weighted by atomic mass is 10.1. The Hall–Kier alpha value is -0.870. The number of hydrogen-bond acceptors (Lipinski definition) is 3. The van der Waals surface area contributed by atoms with Crippen molar-refractivity contribution in [1.29, 1.82) is 0 Å². The zero-order valence-corrected chi connectivity index (χ0v) is 11.8. The lowest BCUT2D eigenvalue weighted by Crippen LogP contribution is -2.17. The predicted molar refractivity (Wildman–Crippen MR) is 76.9 cm³/mol. The standard InChI is InChI=1S/C14H16ClNOS/c1-10(13-6-14(15)18-9-13)16-7-11-3-2-4-12(5-11)8-17/h2-6,9-10,16-17H,7-8H2,1H3. The average Bonchev–Trinajstić information content (AvgIpc) is 2.83. The highest BCUT2D eigenvalue weighted by atomic mass is 35.5. The molecule has 1 unspecified atom stereocenters. The van der Waals surface area contributed by atoms with E-state index in [1.807, 2.05) is 24.3 Å². The second kappa shape index (κ2) is 6.34. The summed E-state index contributed by atoms with van der Waals surface area (Å²) in [5, 5.41) is 14.6. The van der Waals surface area contributed by atoms with Crippen molar-refractivity contribution in [2.24, 2.45) is 0 Å². The molecular weight excluding hydrogens is 266 g/mol. The summed E-state index contributed by atoms with van der Waals surface area (Å²) in [7, 11) is 0. The van der Waals surface area contributed by atoms with Gasteiger partial charge in [-0.05, 0) is 35.1 Å². The first-order valence-electron chi connectivity index (χ1n) is 5.85. The molecule has 2 nitrogen and oxygen atoms in total. The fourth-order valence-electron chi connectivity index (χ4n) is 1.78. The van der Waals surface area contributed by atoms with Crippen LogP contribution in [-0.4, -0.2) is 5.11 Å². The van der Waals surface area contributed by atoms with Crippen molar-refractivity contribution in [3.8, 4) is 0 Å². The maximum Gasteiger partial charge on any atom is 0.0931 e. The van der Waals surface area contributed by atoms with Crippen LogP contribution in [0.5, 0.6) is 0 Å². The zero-order valence-electron chi connectivity index (χ0n) is 10.2. The molecule has 0 saturated carbocycles.